The van der Waals surface area contributed by atoms with Crippen molar-refractivity contribution in [2.24, 2.45) is 5.92 Å². The van der Waals surface area contributed by atoms with Crippen molar-refractivity contribution in [1.29, 1.82) is 5.26 Å². The number of anilines is 4. The first-order chi connectivity index (χ1) is 28.0. The molecule has 0 aliphatic carbocycles. The molecule has 8 rings (SSSR count). The smallest absolute Gasteiger partial charge is 0.322 e. The predicted molar refractivity (Wildman–Crippen MR) is 219 cm³/mol. The quantitative estimate of drug-likeness (QED) is 0.329. The summed E-state index contributed by atoms with van der Waals surface area (Å²) in [5.41, 5.74) is 3.50. The van der Waals surface area contributed by atoms with Crippen LogP contribution in [0.1, 0.15) is 65.8 Å². The highest BCUT2D eigenvalue weighted by atomic mass is 35.5. The van der Waals surface area contributed by atoms with Crippen molar-refractivity contribution in [3.63, 3.8) is 0 Å². The third-order valence-electron chi connectivity index (χ3n) is 12.3. The minimum atomic E-state index is -0.975. The Hall–Kier alpha value is -5.72. The van der Waals surface area contributed by atoms with Gasteiger partial charge in [0, 0.05) is 88.8 Å². The third-order valence-corrected chi connectivity index (χ3v) is 12.6. The molecule has 0 radical (unpaired) electrons. The number of hydrogen-bond acceptors (Lipinski definition) is 11. The Morgan fingerprint density at radius 3 is 2.29 bits per heavy atom. The summed E-state index contributed by atoms with van der Waals surface area (Å²) in [6.07, 6.45) is 4.07. The standard InChI is InChI=1S/C42H47ClN10O5/c1-26-24-52(27(2)23-51(26)32-5-3-29(21-44)35(43)20-32)42(58)46-30-4-9-37(45-22-30)50-13-11-28(12-14-50)25-48-15-17-49(18-16-48)31-6-7-33-34(19-31)41(57)53(40(33)56)36-8-10-38(54)47-39(36)55/h3-7,9,19-20,22,26-28,36H,8,10-18,23-25H2,1-2H3,(H,46,58)(H,47,54,55)/t26-,27+,36?/m0/s1. The fraction of sp³-hybridized carbons (Fsp3) is 0.452. The van der Waals surface area contributed by atoms with Crippen LogP contribution in [-0.4, -0.2) is 126 Å². The van der Waals surface area contributed by atoms with Crippen molar-refractivity contribution in [2.45, 2.75) is 57.7 Å². The monoisotopic (exact) mass is 806 g/mol. The lowest BCUT2D eigenvalue weighted by Gasteiger charge is -2.45. The largest absolute Gasteiger partial charge is 0.369 e. The van der Waals surface area contributed by atoms with Crippen molar-refractivity contribution >= 4 is 64.1 Å². The van der Waals surface area contributed by atoms with Gasteiger partial charge in [-0.15, -0.1) is 0 Å². The van der Waals surface area contributed by atoms with E-state index < -0.39 is 29.7 Å². The highest BCUT2D eigenvalue weighted by molar-refractivity contribution is 6.32. The molecule has 0 saturated carbocycles. The molecule has 3 atom stereocenters. The molecule has 5 aliphatic heterocycles. The van der Waals surface area contributed by atoms with Crippen molar-refractivity contribution in [3.05, 3.63) is 76.4 Å². The highest BCUT2D eigenvalue weighted by Crippen LogP contribution is 2.32. The molecule has 2 N–H and O–H groups in total. The third kappa shape index (κ3) is 7.78. The molecule has 16 heteroatoms. The molecule has 2 aromatic carbocycles. The highest BCUT2D eigenvalue weighted by Gasteiger charge is 2.45. The maximum atomic E-state index is 13.4. The Kier molecular flexibility index (Phi) is 11.0. The van der Waals surface area contributed by atoms with Crippen LogP contribution < -0.4 is 25.3 Å². The first-order valence-corrected chi connectivity index (χ1v) is 20.4. The Balaban J connectivity index is 0.777. The molecule has 302 valence electrons. The Labute approximate surface area is 342 Å². The van der Waals surface area contributed by atoms with Crippen LogP contribution in [0.2, 0.25) is 5.02 Å². The molecule has 5 aliphatic rings. The van der Waals surface area contributed by atoms with E-state index in [1.807, 2.05) is 42.2 Å². The van der Waals surface area contributed by atoms with Gasteiger partial charge in [0.25, 0.3) is 11.8 Å². The second-order valence-electron chi connectivity index (χ2n) is 16.0. The normalized spacial score (nSPS) is 23.2. The van der Waals surface area contributed by atoms with E-state index in [0.717, 1.165) is 80.7 Å². The summed E-state index contributed by atoms with van der Waals surface area (Å²) in [4.78, 5) is 80.7. The average Bonchev–Trinajstić information content (AvgIpc) is 3.47. The molecule has 4 saturated heterocycles. The number of aromatic nitrogens is 1. The zero-order valence-corrected chi connectivity index (χ0v) is 33.5. The summed E-state index contributed by atoms with van der Waals surface area (Å²) in [5.74, 6) is -0.511. The van der Waals surface area contributed by atoms with E-state index in [1.165, 1.54) is 0 Å². The van der Waals surface area contributed by atoms with E-state index in [-0.39, 0.29) is 31.0 Å². The minimum Gasteiger partial charge on any atom is -0.369 e. The van der Waals surface area contributed by atoms with E-state index in [0.29, 0.717) is 46.4 Å². The second-order valence-corrected chi connectivity index (χ2v) is 16.4. The topological polar surface area (TPSA) is 166 Å². The van der Waals surface area contributed by atoms with E-state index in [1.54, 1.807) is 24.4 Å². The maximum absolute atomic E-state index is 13.4. The second kappa shape index (κ2) is 16.3. The lowest BCUT2D eigenvalue weighted by atomic mass is 9.96. The number of halogens is 1. The number of imide groups is 2. The number of amides is 6. The van der Waals surface area contributed by atoms with Crippen molar-refractivity contribution < 1.29 is 24.0 Å². The average molecular weight is 807 g/mol. The van der Waals surface area contributed by atoms with Crippen molar-refractivity contribution in [2.75, 3.05) is 78.9 Å². The number of carbonyl (C=O) groups excluding carboxylic acids is 5. The van der Waals surface area contributed by atoms with Crippen LogP contribution in [0.15, 0.2) is 54.7 Å². The molecule has 3 aromatic rings. The Bertz CT molecular complexity index is 2160. The Morgan fingerprint density at radius 1 is 0.862 bits per heavy atom. The maximum Gasteiger partial charge on any atom is 0.322 e. The molecule has 1 unspecified atom stereocenters. The van der Waals surface area contributed by atoms with Gasteiger partial charge in [-0.25, -0.2) is 9.78 Å². The Morgan fingerprint density at radius 2 is 1.60 bits per heavy atom. The number of benzene rings is 2. The molecule has 1 aromatic heterocycles. The molecule has 0 spiro atoms. The number of nitrogens with one attached hydrogen (secondary N) is 2. The van der Waals surface area contributed by atoms with E-state index in [4.69, 9.17) is 16.6 Å². The zero-order chi connectivity index (χ0) is 40.7. The fourth-order valence-corrected chi connectivity index (χ4v) is 9.16. The van der Waals surface area contributed by atoms with Gasteiger partial charge in [0.15, 0.2) is 0 Å². The number of piperazine rings is 2. The van der Waals surface area contributed by atoms with Crippen LogP contribution in [0.3, 0.4) is 0 Å². The van der Waals surface area contributed by atoms with Gasteiger partial charge in [0.2, 0.25) is 11.8 Å². The van der Waals surface area contributed by atoms with Crippen molar-refractivity contribution in [3.8, 4) is 6.07 Å². The van der Waals surface area contributed by atoms with Crippen molar-refractivity contribution in [1.82, 2.24) is 25.0 Å². The van der Waals surface area contributed by atoms with Crippen LogP contribution in [0, 0.1) is 17.2 Å². The molecule has 15 nitrogen and oxygen atoms in total. The zero-order valence-electron chi connectivity index (χ0n) is 32.7. The van der Waals surface area contributed by atoms with E-state index in [2.05, 4.69) is 43.2 Å². The number of pyridine rings is 1. The van der Waals surface area contributed by atoms with Gasteiger partial charge >= 0.3 is 6.03 Å². The summed E-state index contributed by atoms with van der Waals surface area (Å²) in [6, 6.07) is 15.6. The van der Waals surface area contributed by atoms with Crippen LogP contribution in [0.25, 0.3) is 0 Å². The molecular formula is C42H47ClN10O5. The number of piperidine rings is 2. The summed E-state index contributed by atoms with van der Waals surface area (Å²) in [5, 5.41) is 14.9. The van der Waals surface area contributed by atoms with Gasteiger partial charge in [-0.1, -0.05) is 11.6 Å². The molecule has 6 heterocycles. The van der Waals surface area contributed by atoms with Crippen LogP contribution >= 0.6 is 11.6 Å². The number of rotatable bonds is 7. The number of hydrogen-bond donors (Lipinski definition) is 2. The summed E-state index contributed by atoms with van der Waals surface area (Å²) < 4.78 is 0. The molecule has 4 fully saturated rings. The van der Waals surface area contributed by atoms with E-state index in [9.17, 15) is 29.2 Å². The summed E-state index contributed by atoms with van der Waals surface area (Å²) >= 11 is 6.30. The number of nitriles is 1. The molecule has 58 heavy (non-hydrogen) atoms. The number of nitrogens with zero attached hydrogens (tertiary/aromatic N) is 8. The first-order valence-electron chi connectivity index (χ1n) is 20.0. The van der Waals surface area contributed by atoms with Crippen LogP contribution in [-0.2, 0) is 9.59 Å². The van der Waals surface area contributed by atoms with E-state index >= 15 is 0 Å². The fourth-order valence-electron chi connectivity index (χ4n) is 8.94. The predicted octanol–water partition coefficient (Wildman–Crippen LogP) is 4.18. The number of carbonyl (C=O) groups is 5. The summed E-state index contributed by atoms with van der Waals surface area (Å²) in [7, 11) is 0. The first kappa shape index (κ1) is 39.1. The van der Waals surface area contributed by atoms with Gasteiger partial charge in [0.1, 0.15) is 17.9 Å². The number of urea groups is 1. The molecule has 6 amide bonds. The summed E-state index contributed by atoms with van der Waals surface area (Å²) in [6.45, 7) is 11.5. The van der Waals surface area contributed by atoms with Gasteiger partial charge in [-0.2, -0.15) is 5.26 Å². The minimum absolute atomic E-state index is 0.0469. The van der Waals surface area contributed by atoms with Crippen LogP contribution in [0.4, 0.5) is 27.7 Å². The number of fused-ring (bicyclic) bond motifs is 1. The lowest BCUT2D eigenvalue weighted by molar-refractivity contribution is -0.136. The van der Waals surface area contributed by atoms with Gasteiger partial charge in [0.05, 0.1) is 33.6 Å². The molecular weight excluding hydrogens is 760 g/mol. The lowest BCUT2D eigenvalue weighted by Crippen LogP contribution is -2.59. The van der Waals surface area contributed by atoms with Gasteiger partial charge < -0.3 is 24.9 Å². The van der Waals surface area contributed by atoms with Gasteiger partial charge in [-0.05, 0) is 87.6 Å². The SMILES string of the molecule is C[C@@H]1CN(c2ccc(C#N)c(Cl)c2)[C@@H](C)CN1C(=O)Nc1ccc(N2CCC(CN3CCN(c4ccc5c(c4)C(=O)N(C4CCC(=O)NC4=O)C5=O)CC3)CC2)nc1. The molecule has 0 bridgehead atoms. The van der Waals surface area contributed by atoms with Crippen LogP contribution in [0.5, 0.6) is 0 Å². The van der Waals surface area contributed by atoms with Gasteiger partial charge in [-0.3, -0.25) is 34.3 Å².